The Hall–Kier alpha value is -0.530. The van der Waals surface area contributed by atoms with Crippen molar-refractivity contribution in [2.45, 2.75) is 128 Å². The predicted octanol–water partition coefficient (Wildman–Crippen LogP) is 6.23. The first kappa shape index (κ1) is 18.8. The lowest BCUT2D eigenvalue weighted by Crippen LogP contribution is -2.48. The molecule has 0 aliphatic heterocycles. The van der Waals surface area contributed by atoms with E-state index in [-0.39, 0.29) is 0 Å². The SMILES string of the molecule is CCCCCCCCC(=O)N(C1CCCCC1)C1CCCCC1. The molecule has 0 spiro atoms. The largest absolute Gasteiger partial charge is 0.337 e. The van der Waals surface area contributed by atoms with Crippen LogP contribution >= 0.6 is 0 Å². The average Bonchev–Trinajstić information content (AvgIpc) is 2.60. The summed E-state index contributed by atoms with van der Waals surface area (Å²) in [5, 5.41) is 0. The molecular formula is C21H39NO. The Bertz CT molecular complexity index is 298. The molecule has 2 nitrogen and oxygen atoms in total. The lowest BCUT2D eigenvalue weighted by molar-refractivity contribution is -0.138. The van der Waals surface area contributed by atoms with Crippen LogP contribution in [0, 0.1) is 0 Å². The van der Waals surface area contributed by atoms with Crippen molar-refractivity contribution >= 4 is 5.91 Å². The Labute approximate surface area is 144 Å². The highest BCUT2D eigenvalue weighted by Gasteiger charge is 2.31. The second-order valence-corrected chi connectivity index (χ2v) is 7.90. The van der Waals surface area contributed by atoms with Crippen LogP contribution in [0.1, 0.15) is 116 Å². The van der Waals surface area contributed by atoms with Gasteiger partial charge in [-0.3, -0.25) is 4.79 Å². The summed E-state index contributed by atoms with van der Waals surface area (Å²) in [5.74, 6) is 0.485. The van der Waals surface area contributed by atoms with E-state index in [9.17, 15) is 4.79 Å². The second-order valence-electron chi connectivity index (χ2n) is 7.90. The maximum Gasteiger partial charge on any atom is 0.223 e. The smallest absolute Gasteiger partial charge is 0.223 e. The normalized spacial score (nSPS) is 20.6. The molecule has 2 aliphatic rings. The number of carbonyl (C=O) groups is 1. The molecule has 0 aromatic heterocycles. The van der Waals surface area contributed by atoms with E-state index in [0.29, 0.717) is 18.0 Å². The van der Waals surface area contributed by atoms with Gasteiger partial charge in [-0.05, 0) is 32.1 Å². The molecular weight excluding hydrogens is 282 g/mol. The van der Waals surface area contributed by atoms with E-state index < -0.39 is 0 Å². The van der Waals surface area contributed by atoms with Gasteiger partial charge in [-0.2, -0.15) is 0 Å². The van der Waals surface area contributed by atoms with E-state index in [0.717, 1.165) is 12.8 Å². The number of nitrogens with zero attached hydrogens (tertiary/aromatic N) is 1. The van der Waals surface area contributed by atoms with Gasteiger partial charge >= 0.3 is 0 Å². The lowest BCUT2D eigenvalue weighted by Gasteiger charge is -2.42. The third kappa shape index (κ3) is 6.47. The molecule has 23 heavy (non-hydrogen) atoms. The molecule has 0 aromatic carbocycles. The highest BCUT2D eigenvalue weighted by atomic mass is 16.2. The average molecular weight is 322 g/mol. The molecule has 2 aliphatic carbocycles. The zero-order valence-corrected chi connectivity index (χ0v) is 15.5. The van der Waals surface area contributed by atoms with Gasteiger partial charge in [-0.15, -0.1) is 0 Å². The molecule has 0 atom stereocenters. The van der Waals surface area contributed by atoms with E-state index in [2.05, 4.69) is 11.8 Å². The molecule has 2 rings (SSSR count). The molecule has 0 radical (unpaired) electrons. The quantitative estimate of drug-likeness (QED) is 0.461. The number of amides is 1. The molecule has 2 fully saturated rings. The van der Waals surface area contributed by atoms with Crippen molar-refractivity contribution in [3.05, 3.63) is 0 Å². The third-order valence-electron chi connectivity index (χ3n) is 5.97. The minimum absolute atomic E-state index is 0.485. The van der Waals surface area contributed by atoms with Crippen LogP contribution < -0.4 is 0 Å². The van der Waals surface area contributed by atoms with Crippen LogP contribution in [0.3, 0.4) is 0 Å². The highest BCUT2D eigenvalue weighted by molar-refractivity contribution is 5.77. The second kappa shape index (κ2) is 11.1. The number of carbonyl (C=O) groups excluding carboxylic acids is 1. The number of hydrogen-bond donors (Lipinski definition) is 0. The monoisotopic (exact) mass is 321 g/mol. The van der Waals surface area contributed by atoms with Gasteiger partial charge < -0.3 is 4.90 Å². The first-order valence-electron chi connectivity index (χ1n) is 10.6. The van der Waals surface area contributed by atoms with Gasteiger partial charge in [0.25, 0.3) is 0 Å². The number of unbranched alkanes of at least 4 members (excludes halogenated alkanes) is 5. The number of rotatable bonds is 9. The minimum Gasteiger partial charge on any atom is -0.337 e. The van der Waals surface area contributed by atoms with Crippen molar-refractivity contribution < 1.29 is 4.79 Å². The lowest BCUT2D eigenvalue weighted by atomic mass is 9.88. The Morgan fingerprint density at radius 3 is 1.74 bits per heavy atom. The van der Waals surface area contributed by atoms with E-state index >= 15 is 0 Å². The molecule has 0 heterocycles. The van der Waals surface area contributed by atoms with Gasteiger partial charge in [0, 0.05) is 18.5 Å². The molecule has 2 heteroatoms. The van der Waals surface area contributed by atoms with Crippen molar-refractivity contribution in [1.29, 1.82) is 0 Å². The van der Waals surface area contributed by atoms with Crippen LogP contribution in [0.15, 0.2) is 0 Å². The molecule has 0 N–H and O–H groups in total. The van der Waals surface area contributed by atoms with Gasteiger partial charge in [0.2, 0.25) is 5.91 Å². The van der Waals surface area contributed by atoms with Crippen molar-refractivity contribution in [2.24, 2.45) is 0 Å². The fourth-order valence-electron chi connectivity index (χ4n) is 4.61. The van der Waals surface area contributed by atoms with Gasteiger partial charge in [-0.25, -0.2) is 0 Å². The molecule has 0 saturated heterocycles. The zero-order valence-electron chi connectivity index (χ0n) is 15.5. The summed E-state index contributed by atoms with van der Waals surface area (Å²) in [7, 11) is 0. The summed E-state index contributed by atoms with van der Waals surface area (Å²) in [6.07, 6.45) is 21.6. The fourth-order valence-corrected chi connectivity index (χ4v) is 4.61. The summed E-state index contributed by atoms with van der Waals surface area (Å²) in [5.41, 5.74) is 0. The molecule has 0 bridgehead atoms. The Kier molecular flexibility index (Phi) is 9.07. The Morgan fingerprint density at radius 2 is 1.22 bits per heavy atom. The minimum atomic E-state index is 0.485. The van der Waals surface area contributed by atoms with Crippen LogP contribution in [0.4, 0.5) is 0 Å². The summed E-state index contributed by atoms with van der Waals surface area (Å²) >= 11 is 0. The molecule has 2 saturated carbocycles. The predicted molar refractivity (Wildman–Crippen MR) is 98.6 cm³/mol. The van der Waals surface area contributed by atoms with Crippen molar-refractivity contribution in [3.63, 3.8) is 0 Å². The fraction of sp³-hybridized carbons (Fsp3) is 0.952. The summed E-state index contributed by atoms with van der Waals surface area (Å²) in [6.45, 7) is 2.26. The summed E-state index contributed by atoms with van der Waals surface area (Å²) < 4.78 is 0. The summed E-state index contributed by atoms with van der Waals surface area (Å²) in [4.78, 5) is 15.3. The molecule has 1 amide bonds. The van der Waals surface area contributed by atoms with E-state index in [1.165, 1.54) is 96.3 Å². The van der Waals surface area contributed by atoms with Gasteiger partial charge in [0.15, 0.2) is 0 Å². The van der Waals surface area contributed by atoms with Gasteiger partial charge in [-0.1, -0.05) is 77.6 Å². The molecule has 0 unspecified atom stereocenters. The molecule has 0 aromatic rings. The standard InChI is InChI=1S/C21H39NO/c1-2-3-4-5-6-13-18-21(23)22(19-14-9-7-10-15-19)20-16-11-8-12-17-20/h19-20H,2-18H2,1H3. The van der Waals surface area contributed by atoms with Crippen molar-refractivity contribution in [3.8, 4) is 0 Å². The van der Waals surface area contributed by atoms with Gasteiger partial charge in [0.1, 0.15) is 0 Å². The third-order valence-corrected chi connectivity index (χ3v) is 5.97. The highest BCUT2D eigenvalue weighted by Crippen LogP contribution is 2.31. The van der Waals surface area contributed by atoms with Crippen molar-refractivity contribution in [2.75, 3.05) is 0 Å². The Morgan fingerprint density at radius 1 is 0.739 bits per heavy atom. The van der Waals surface area contributed by atoms with Crippen LogP contribution in [0.25, 0.3) is 0 Å². The topological polar surface area (TPSA) is 20.3 Å². The van der Waals surface area contributed by atoms with Crippen LogP contribution in [0.5, 0.6) is 0 Å². The maximum atomic E-state index is 13.0. The Balaban J connectivity index is 1.81. The van der Waals surface area contributed by atoms with Crippen LogP contribution in [-0.4, -0.2) is 22.9 Å². The first-order chi connectivity index (χ1) is 11.3. The first-order valence-corrected chi connectivity index (χ1v) is 10.6. The van der Waals surface area contributed by atoms with E-state index in [4.69, 9.17) is 0 Å². The zero-order chi connectivity index (χ0) is 16.3. The van der Waals surface area contributed by atoms with Crippen LogP contribution in [0.2, 0.25) is 0 Å². The van der Waals surface area contributed by atoms with Crippen LogP contribution in [-0.2, 0) is 4.79 Å². The van der Waals surface area contributed by atoms with Crippen molar-refractivity contribution in [1.82, 2.24) is 4.90 Å². The summed E-state index contributed by atoms with van der Waals surface area (Å²) in [6, 6.07) is 1.14. The maximum absolute atomic E-state index is 13.0. The van der Waals surface area contributed by atoms with Gasteiger partial charge in [0.05, 0.1) is 0 Å². The van der Waals surface area contributed by atoms with E-state index in [1.807, 2.05) is 0 Å². The number of hydrogen-bond acceptors (Lipinski definition) is 1. The van der Waals surface area contributed by atoms with E-state index in [1.54, 1.807) is 0 Å². The molecule has 134 valence electrons.